The fourth-order valence-electron chi connectivity index (χ4n) is 1.20. The van der Waals surface area contributed by atoms with Crippen LogP contribution in [-0.4, -0.2) is 42.4 Å². The average Bonchev–Trinajstić information content (AvgIpc) is 2.62. The molecule has 1 fully saturated rings. The number of hydrogen-bond donors (Lipinski definition) is 3. The smallest absolute Gasteiger partial charge is 0.302 e. The van der Waals surface area contributed by atoms with Gasteiger partial charge in [-0.05, 0) is 0 Å². The normalized spacial score (nSPS) is 24.3. The molecule has 0 aromatic carbocycles. The van der Waals surface area contributed by atoms with Gasteiger partial charge in [0.15, 0.2) is 0 Å². The molecule has 2 atom stereocenters. The van der Waals surface area contributed by atoms with Crippen molar-refractivity contribution in [1.82, 2.24) is 5.32 Å². The minimum absolute atomic E-state index is 0.0510. The predicted octanol–water partition coefficient (Wildman–Crippen LogP) is -0.119. The molecule has 0 bridgehead atoms. The van der Waals surface area contributed by atoms with E-state index in [-0.39, 0.29) is 30.1 Å². The summed E-state index contributed by atoms with van der Waals surface area (Å²) in [5.41, 5.74) is 5.13. The van der Waals surface area contributed by atoms with E-state index in [4.69, 9.17) is 20.6 Å². The molecule has 92 valence electrons. The van der Waals surface area contributed by atoms with Gasteiger partial charge in [0.25, 0.3) is 0 Å². The van der Waals surface area contributed by atoms with Crippen LogP contribution in [-0.2, 0) is 14.3 Å². The summed E-state index contributed by atoms with van der Waals surface area (Å²) in [6.45, 7) is 2.29. The van der Waals surface area contributed by atoms with E-state index >= 15 is 0 Å². The highest BCUT2D eigenvalue weighted by Crippen LogP contribution is 2.23. The van der Waals surface area contributed by atoms with Gasteiger partial charge in [-0.3, -0.25) is 15.5 Å². The van der Waals surface area contributed by atoms with Crippen LogP contribution in [0.25, 0.3) is 0 Å². The number of ether oxygens (including phenoxy) is 2. The van der Waals surface area contributed by atoms with Gasteiger partial charge in [-0.25, -0.2) is 0 Å². The molecule has 1 aliphatic heterocycles. The molecule has 0 amide bonds. The Labute approximate surface area is 98.7 Å². The maximum atomic E-state index is 10.6. The van der Waals surface area contributed by atoms with Gasteiger partial charge in [-0.2, -0.15) is 0 Å². The number of thioether (sulfide) groups is 1. The molecule has 6 nitrogen and oxygen atoms in total. The number of rotatable bonds is 6. The summed E-state index contributed by atoms with van der Waals surface area (Å²) < 4.78 is 10.4. The summed E-state index contributed by atoms with van der Waals surface area (Å²) in [7, 11) is 0. The Morgan fingerprint density at radius 2 is 2.50 bits per heavy atom. The second-order valence-corrected chi connectivity index (χ2v) is 4.61. The summed E-state index contributed by atoms with van der Waals surface area (Å²) in [6, 6.07) is 0. The maximum absolute atomic E-state index is 10.6. The molecule has 1 heterocycles. The number of hydrogen-bond acceptors (Lipinski definition) is 6. The Hall–Kier alpha value is -0.790. The number of nitrogens with one attached hydrogen (secondary N) is 2. The largest absolute Gasteiger partial charge is 0.462 e. The molecule has 0 unspecified atom stereocenters. The molecule has 1 aliphatic rings. The van der Waals surface area contributed by atoms with Crippen LogP contribution in [0.3, 0.4) is 0 Å². The molecular formula is C9H17N3O3S. The number of nitrogens with two attached hydrogens (primary N) is 1. The second-order valence-electron chi connectivity index (χ2n) is 3.42. The van der Waals surface area contributed by atoms with Gasteiger partial charge in [0, 0.05) is 25.6 Å². The van der Waals surface area contributed by atoms with Gasteiger partial charge < -0.3 is 15.2 Å². The van der Waals surface area contributed by atoms with Gasteiger partial charge >= 0.3 is 5.97 Å². The standard InChI is InChI=1S/C9H17N3O3S/c1-6(13)14-4-9-15-8(5-16-9)12-3-2-7(10)11/h8-9,12H,2-5H2,1H3,(H3,10,11)/t8-,9+/m1/s1. The quantitative estimate of drug-likeness (QED) is 0.344. The van der Waals surface area contributed by atoms with E-state index in [0.29, 0.717) is 13.0 Å². The van der Waals surface area contributed by atoms with E-state index in [1.54, 1.807) is 11.8 Å². The Balaban J connectivity index is 2.10. The fraction of sp³-hybridized carbons (Fsp3) is 0.778. The topological polar surface area (TPSA) is 97.4 Å². The third-order valence-corrected chi connectivity index (χ3v) is 3.05. The molecule has 0 radical (unpaired) electrons. The van der Waals surface area contributed by atoms with Crippen LogP contribution in [0.4, 0.5) is 0 Å². The number of esters is 1. The molecule has 1 saturated heterocycles. The lowest BCUT2D eigenvalue weighted by Gasteiger charge is -2.13. The molecule has 0 spiro atoms. The first kappa shape index (κ1) is 13.3. The summed E-state index contributed by atoms with van der Waals surface area (Å²) >= 11 is 1.60. The SMILES string of the molecule is CC(=O)OC[C@H]1O[C@@H](NCCC(=N)N)CS1. The van der Waals surface area contributed by atoms with Crippen molar-refractivity contribution < 1.29 is 14.3 Å². The molecule has 0 aromatic rings. The van der Waals surface area contributed by atoms with E-state index in [1.807, 2.05) is 0 Å². The van der Waals surface area contributed by atoms with Gasteiger partial charge in [-0.1, -0.05) is 0 Å². The van der Waals surface area contributed by atoms with Gasteiger partial charge in [0.2, 0.25) is 0 Å². The van der Waals surface area contributed by atoms with Gasteiger partial charge in [0.1, 0.15) is 18.3 Å². The summed E-state index contributed by atoms with van der Waals surface area (Å²) in [5, 5.41) is 10.2. The van der Waals surface area contributed by atoms with E-state index in [9.17, 15) is 4.79 Å². The molecule has 16 heavy (non-hydrogen) atoms. The van der Waals surface area contributed by atoms with Gasteiger partial charge in [-0.15, -0.1) is 11.8 Å². The van der Waals surface area contributed by atoms with Crippen molar-refractivity contribution in [3.63, 3.8) is 0 Å². The third kappa shape index (κ3) is 5.34. The molecule has 0 aliphatic carbocycles. The summed E-state index contributed by atoms with van der Waals surface area (Å²) in [4.78, 5) is 10.6. The lowest BCUT2D eigenvalue weighted by molar-refractivity contribution is -0.143. The van der Waals surface area contributed by atoms with Crippen LogP contribution in [0.15, 0.2) is 0 Å². The highest BCUT2D eigenvalue weighted by Gasteiger charge is 2.26. The molecule has 4 N–H and O–H groups in total. The van der Waals surface area contributed by atoms with Crippen LogP contribution < -0.4 is 11.1 Å². The van der Waals surface area contributed by atoms with Crippen molar-refractivity contribution >= 4 is 23.6 Å². The lowest BCUT2D eigenvalue weighted by Crippen LogP contribution is -2.34. The van der Waals surface area contributed by atoms with Crippen molar-refractivity contribution in [3.8, 4) is 0 Å². The van der Waals surface area contributed by atoms with E-state index < -0.39 is 0 Å². The van der Waals surface area contributed by atoms with Crippen molar-refractivity contribution in [1.29, 1.82) is 5.41 Å². The Morgan fingerprint density at radius 1 is 1.75 bits per heavy atom. The van der Waals surface area contributed by atoms with Gasteiger partial charge in [0.05, 0.1) is 5.84 Å². The Morgan fingerprint density at radius 3 is 3.12 bits per heavy atom. The van der Waals surface area contributed by atoms with Crippen molar-refractivity contribution in [2.75, 3.05) is 18.9 Å². The number of carbonyl (C=O) groups excluding carboxylic acids is 1. The molecule has 1 rings (SSSR count). The third-order valence-electron chi connectivity index (χ3n) is 1.94. The molecule has 7 heteroatoms. The van der Waals surface area contributed by atoms with Crippen LogP contribution in [0.1, 0.15) is 13.3 Å². The molecular weight excluding hydrogens is 230 g/mol. The molecule has 0 aromatic heterocycles. The molecule has 0 saturated carbocycles. The Kier molecular flexibility index (Phi) is 5.58. The first-order valence-corrected chi connectivity index (χ1v) is 6.09. The Bertz CT molecular complexity index is 262. The average molecular weight is 247 g/mol. The zero-order chi connectivity index (χ0) is 12.0. The monoisotopic (exact) mass is 247 g/mol. The van der Waals surface area contributed by atoms with Crippen molar-refractivity contribution in [2.45, 2.75) is 25.0 Å². The van der Waals surface area contributed by atoms with Crippen molar-refractivity contribution in [3.05, 3.63) is 0 Å². The first-order chi connectivity index (χ1) is 7.58. The number of carbonyl (C=O) groups is 1. The van der Waals surface area contributed by atoms with Crippen LogP contribution >= 0.6 is 11.8 Å². The minimum atomic E-state index is -0.294. The van der Waals surface area contributed by atoms with Crippen LogP contribution in [0, 0.1) is 5.41 Å². The van der Waals surface area contributed by atoms with E-state index in [2.05, 4.69) is 5.32 Å². The van der Waals surface area contributed by atoms with Crippen LogP contribution in [0.2, 0.25) is 0 Å². The maximum Gasteiger partial charge on any atom is 0.302 e. The highest BCUT2D eigenvalue weighted by molar-refractivity contribution is 8.00. The van der Waals surface area contributed by atoms with Crippen LogP contribution in [0.5, 0.6) is 0 Å². The van der Waals surface area contributed by atoms with Crippen molar-refractivity contribution in [2.24, 2.45) is 5.73 Å². The van der Waals surface area contributed by atoms with E-state index in [0.717, 1.165) is 5.75 Å². The predicted molar refractivity (Wildman–Crippen MR) is 62.3 cm³/mol. The second kappa shape index (κ2) is 6.72. The lowest BCUT2D eigenvalue weighted by atomic mass is 10.4. The minimum Gasteiger partial charge on any atom is -0.462 e. The summed E-state index contributed by atoms with van der Waals surface area (Å²) in [6.07, 6.45) is 0.462. The first-order valence-electron chi connectivity index (χ1n) is 5.04. The van der Waals surface area contributed by atoms with E-state index in [1.165, 1.54) is 6.92 Å². The number of amidine groups is 1. The summed E-state index contributed by atoms with van der Waals surface area (Å²) in [5.74, 6) is 0.677. The zero-order valence-electron chi connectivity index (χ0n) is 9.19. The fourth-order valence-corrected chi connectivity index (χ4v) is 2.17. The zero-order valence-corrected chi connectivity index (χ0v) is 10.0. The highest BCUT2D eigenvalue weighted by atomic mass is 32.2.